The Labute approximate surface area is 667 Å². The zero-order chi connectivity index (χ0) is 81.2. The minimum absolute atomic E-state index is 0.00215. The van der Waals surface area contributed by atoms with Gasteiger partial charge in [-0.1, -0.05) is 0 Å². The number of amides is 5. The highest BCUT2D eigenvalue weighted by molar-refractivity contribution is 6.28. The van der Waals surface area contributed by atoms with Crippen LogP contribution in [0.25, 0.3) is 0 Å². The molecule has 0 atom stereocenters. The van der Waals surface area contributed by atoms with Crippen LogP contribution in [-0.2, 0) is 35.7 Å². The number of aromatic nitrogens is 11. The Morgan fingerprint density at radius 3 is 1.02 bits per heavy atom. The lowest BCUT2D eigenvalue weighted by Gasteiger charge is -2.37. The molecular formula is C77H88Cl2N22O13. The fraction of sp³-hybridized carbons (Fsp3) is 0.364. The fourth-order valence-electron chi connectivity index (χ4n) is 12.6. The number of anilines is 8. The van der Waals surface area contributed by atoms with E-state index >= 15 is 0 Å². The fourth-order valence-corrected chi connectivity index (χ4v) is 12.9. The van der Waals surface area contributed by atoms with Crippen molar-refractivity contribution < 1.29 is 62.3 Å². The van der Waals surface area contributed by atoms with E-state index in [9.17, 15) is 28.8 Å². The summed E-state index contributed by atoms with van der Waals surface area (Å²) < 4.78 is 32.7. The number of pyridine rings is 3. The van der Waals surface area contributed by atoms with Gasteiger partial charge >= 0.3 is 18.2 Å². The average Bonchev–Trinajstić information content (AvgIpc) is 1.63. The normalized spacial score (nSPS) is 14.4. The van der Waals surface area contributed by atoms with E-state index in [1.54, 1.807) is 99.9 Å². The molecule has 9 aromatic rings. The summed E-state index contributed by atoms with van der Waals surface area (Å²) in [6, 6.07) is 19.4. The number of benzene rings is 2. The Balaban J connectivity index is 0.000000160. The van der Waals surface area contributed by atoms with Crippen LogP contribution in [0.2, 0.25) is 10.6 Å². The third-order valence-electron chi connectivity index (χ3n) is 18.0. The van der Waals surface area contributed by atoms with Crippen molar-refractivity contribution in [3.8, 4) is 23.0 Å². The number of piperazine rings is 3. The topological polar surface area (TPSA) is 391 Å². The molecule has 598 valence electrons. The predicted molar refractivity (Wildman–Crippen MR) is 426 cm³/mol. The summed E-state index contributed by atoms with van der Waals surface area (Å²) in [6.07, 6.45) is 15.2. The van der Waals surface area contributed by atoms with Gasteiger partial charge in [-0.3, -0.25) is 29.3 Å². The summed E-state index contributed by atoms with van der Waals surface area (Å²) >= 11 is 11.1. The van der Waals surface area contributed by atoms with Gasteiger partial charge in [-0.05, 0) is 154 Å². The lowest BCUT2D eigenvalue weighted by atomic mass is 10.1. The quantitative estimate of drug-likeness (QED) is 0.0562. The number of nitrogens with one attached hydrogen (secondary N) is 4. The van der Waals surface area contributed by atoms with Crippen LogP contribution in [0.3, 0.4) is 0 Å². The third kappa shape index (κ3) is 21.7. The Morgan fingerprint density at radius 2 is 0.711 bits per heavy atom. The molecular weight excluding hydrogens is 1510 g/mol. The van der Waals surface area contributed by atoms with Gasteiger partial charge in [0.15, 0.2) is 28.7 Å². The minimum Gasteiger partial charge on any atom is -0.493 e. The van der Waals surface area contributed by atoms with Crippen LogP contribution in [0.5, 0.6) is 23.0 Å². The van der Waals surface area contributed by atoms with E-state index in [1.807, 2.05) is 93.8 Å². The van der Waals surface area contributed by atoms with Crippen molar-refractivity contribution in [2.45, 2.75) is 78.9 Å². The van der Waals surface area contributed by atoms with Crippen molar-refractivity contribution in [1.82, 2.24) is 69.9 Å². The molecule has 0 saturated carbocycles. The molecule has 5 aliphatic heterocycles. The minimum atomic E-state index is -1.11. The summed E-state index contributed by atoms with van der Waals surface area (Å²) in [6.45, 7) is 21.5. The van der Waals surface area contributed by atoms with Crippen molar-refractivity contribution in [2.75, 3.05) is 147 Å². The van der Waals surface area contributed by atoms with Crippen molar-refractivity contribution in [1.29, 1.82) is 0 Å². The number of carboxylic acid groups (broad SMARTS) is 1. The van der Waals surface area contributed by atoms with Crippen LogP contribution < -0.4 is 64.7 Å². The zero-order valence-corrected chi connectivity index (χ0v) is 66.1. The lowest BCUT2D eigenvalue weighted by Crippen LogP contribution is -2.50. The van der Waals surface area contributed by atoms with E-state index in [-0.39, 0.29) is 51.6 Å². The number of halogens is 2. The Morgan fingerprint density at radius 1 is 0.404 bits per heavy atom. The second-order valence-electron chi connectivity index (χ2n) is 28.1. The second-order valence-corrected chi connectivity index (χ2v) is 28.7. The van der Waals surface area contributed by atoms with Gasteiger partial charge < -0.3 is 89.1 Å². The average molecular weight is 1600 g/mol. The summed E-state index contributed by atoms with van der Waals surface area (Å²) in [7, 11) is 6.47. The number of fused-ring (bicyclic) bond motifs is 2. The molecule has 35 nitrogen and oxygen atoms in total. The van der Waals surface area contributed by atoms with E-state index in [2.05, 4.69) is 90.8 Å². The Kier molecular flexibility index (Phi) is 27.2. The van der Waals surface area contributed by atoms with E-state index < -0.39 is 23.1 Å². The van der Waals surface area contributed by atoms with Crippen molar-refractivity contribution in [2.24, 2.45) is 0 Å². The highest BCUT2D eigenvalue weighted by atomic mass is 35.5. The summed E-state index contributed by atoms with van der Waals surface area (Å²) in [5, 5.41) is 20.4. The lowest BCUT2D eigenvalue weighted by molar-refractivity contribution is 0.0230. The molecule has 37 heteroatoms. The van der Waals surface area contributed by atoms with Gasteiger partial charge in [-0.25, -0.2) is 54.3 Å². The van der Waals surface area contributed by atoms with Crippen molar-refractivity contribution in [3.05, 3.63) is 184 Å². The first-order chi connectivity index (χ1) is 54.7. The molecule has 5 N–H and O–H groups in total. The second kappa shape index (κ2) is 37.6. The number of carboxylic acids is 1. The van der Waals surface area contributed by atoms with Crippen LogP contribution in [-0.4, -0.2) is 224 Å². The maximum Gasteiger partial charge on any atom is 0.410 e. The molecule has 0 unspecified atom stereocenters. The summed E-state index contributed by atoms with van der Waals surface area (Å²) in [4.78, 5) is 133. The maximum atomic E-state index is 13.3. The molecule has 3 saturated heterocycles. The first-order valence-electron chi connectivity index (χ1n) is 36.3. The molecule has 0 aliphatic carbocycles. The number of carbonyl (C=O) groups excluding carboxylic acids is 5. The third-order valence-corrected chi connectivity index (χ3v) is 18.4. The molecule has 7 aromatic heterocycles. The van der Waals surface area contributed by atoms with Gasteiger partial charge in [0.25, 0.3) is 17.7 Å². The number of rotatable bonds is 16. The number of aromatic carboxylic acids is 1. The number of hydrogen-bond acceptors (Lipinski definition) is 29. The van der Waals surface area contributed by atoms with Crippen molar-refractivity contribution in [3.63, 3.8) is 0 Å². The van der Waals surface area contributed by atoms with Gasteiger partial charge in [0, 0.05) is 148 Å². The van der Waals surface area contributed by atoms with Crippen LogP contribution in [0.1, 0.15) is 106 Å². The number of ether oxygens (including phenoxy) is 6. The van der Waals surface area contributed by atoms with E-state index in [4.69, 9.17) is 56.7 Å². The standard InChI is InChI=1S/C29H35N7O5.C24H27N7O3.C19H23ClN6O3.C5H3ClN2O2/c1-29(2,3)41-28(38)35-12-10-34(11-13-35)23-7-8-30-16-22(23)32-26(37)21-6-9-31-27(33-21)36-17-19-14-24(39-4)25(40-5)15-20(19)18-36;1-33-21-11-16-14-31(15-17(16)12-22(21)34-2)24-27-6-3-18(29-24)23(32)28-19-13-26-5-4-20(19)30-9-7-25-8-10-30;1-19(2,3)29-18(28)26-10-8-25(9-11-26)15-5-6-21-12-14(15)23-16(27)13-4-7-22-17(20)24-13;6-5-7-2-1-3(8-5)4(9)10/h6-9,14-16H,10-13,17-18H2,1-5H3,(H,32,37);3-6,11-13,25H,7-10,14-15H2,1-2H3,(H,28,32);4-7,12H,8-11H2,1-3H3,(H,23,27);1-2H,(H,9,10). The van der Waals surface area contributed by atoms with E-state index in [1.165, 1.54) is 24.5 Å². The van der Waals surface area contributed by atoms with Gasteiger partial charge in [0.05, 0.1) is 81.2 Å². The predicted octanol–water partition coefficient (Wildman–Crippen LogP) is 9.45. The molecule has 5 amide bonds. The number of nitrogens with zero attached hydrogens (tertiary/aromatic N) is 18. The van der Waals surface area contributed by atoms with Crippen LogP contribution >= 0.6 is 23.2 Å². The summed E-state index contributed by atoms with van der Waals surface area (Å²) in [5.41, 5.74) is 8.33. The number of hydrogen-bond donors (Lipinski definition) is 5. The largest absolute Gasteiger partial charge is 0.493 e. The van der Waals surface area contributed by atoms with Gasteiger partial charge in [-0.2, -0.15) is 0 Å². The van der Waals surface area contributed by atoms with E-state index in [0.717, 1.165) is 65.5 Å². The number of carbonyl (C=O) groups is 6. The SMILES string of the molecule is CC(C)(C)OC(=O)N1CCN(c2ccncc2NC(=O)c2ccnc(Cl)n2)CC1.COc1cc2c(cc1OC)CN(c1nccc(C(=O)Nc3cnccc3N3CCN(C(=O)OC(C)(C)C)CC3)n1)C2.COc1cc2c(cc1OC)CN(c1nccc(C(=O)Nc3cnccc3N3CCNCC3)n1)C2.O=C(O)c1ccnc(Cl)n1. The molecule has 3 fully saturated rings. The molecule has 0 radical (unpaired) electrons. The van der Waals surface area contributed by atoms with Crippen LogP contribution in [0, 0.1) is 0 Å². The van der Waals surface area contributed by atoms with Crippen LogP contribution in [0.4, 0.5) is 55.6 Å². The Bertz CT molecular complexity index is 4860. The molecule has 2 aromatic carbocycles. The molecule has 14 rings (SSSR count). The monoisotopic (exact) mass is 1600 g/mol. The molecule has 12 heterocycles. The first kappa shape index (κ1) is 82.3. The smallest absolute Gasteiger partial charge is 0.410 e. The molecule has 0 spiro atoms. The van der Waals surface area contributed by atoms with Crippen molar-refractivity contribution >= 4 is 105 Å². The highest BCUT2D eigenvalue weighted by Crippen LogP contribution is 2.39. The van der Waals surface area contributed by atoms with Crippen LogP contribution in [0.15, 0.2) is 129 Å². The number of methoxy groups -OCH3 is 4. The molecule has 0 bridgehead atoms. The molecule has 114 heavy (non-hydrogen) atoms. The van der Waals surface area contributed by atoms with E-state index in [0.29, 0.717) is 136 Å². The summed E-state index contributed by atoms with van der Waals surface area (Å²) in [5.74, 6) is 1.49. The van der Waals surface area contributed by atoms with Gasteiger partial charge in [0.1, 0.15) is 28.3 Å². The van der Waals surface area contributed by atoms with Gasteiger partial charge in [-0.15, -0.1) is 0 Å². The highest BCUT2D eigenvalue weighted by Gasteiger charge is 2.32. The Hall–Kier alpha value is -12.6. The first-order valence-corrected chi connectivity index (χ1v) is 37.0. The van der Waals surface area contributed by atoms with Gasteiger partial charge in [0.2, 0.25) is 22.5 Å². The zero-order valence-electron chi connectivity index (χ0n) is 64.6. The maximum absolute atomic E-state index is 13.3. The molecule has 5 aliphatic rings.